The van der Waals surface area contributed by atoms with Gasteiger partial charge in [0.15, 0.2) is 0 Å². The number of thiophene rings is 1. The van der Waals surface area contributed by atoms with Crippen LogP contribution in [0.3, 0.4) is 0 Å². The lowest BCUT2D eigenvalue weighted by atomic mass is 9.92. The molecule has 0 saturated carbocycles. The first-order valence-corrected chi connectivity index (χ1v) is 10.7. The molecule has 3 heterocycles. The molecule has 4 rings (SSSR count). The number of piperidine rings is 1. The van der Waals surface area contributed by atoms with Crippen molar-refractivity contribution in [2.24, 2.45) is 5.92 Å². The number of amides is 1. The largest absolute Gasteiger partial charge is 0.497 e. The molecule has 1 aromatic carbocycles. The molecule has 28 heavy (non-hydrogen) atoms. The maximum Gasteiger partial charge on any atom is 0.254 e. The fraction of sp³-hybridized carbons (Fsp3) is 0.500. The van der Waals surface area contributed by atoms with Crippen LogP contribution in [0.2, 0.25) is 0 Å². The van der Waals surface area contributed by atoms with E-state index in [-0.39, 0.29) is 5.91 Å². The maximum absolute atomic E-state index is 13.3. The molecule has 1 aromatic heterocycles. The van der Waals surface area contributed by atoms with Crippen LogP contribution in [0.1, 0.15) is 33.0 Å². The Morgan fingerprint density at radius 3 is 2.46 bits per heavy atom. The molecule has 0 radical (unpaired) electrons. The molecule has 2 aliphatic heterocycles. The molecule has 0 aliphatic carbocycles. The second-order valence-electron chi connectivity index (χ2n) is 7.75. The van der Waals surface area contributed by atoms with Crippen LogP contribution in [0.5, 0.6) is 11.5 Å². The predicted octanol–water partition coefficient (Wildman–Crippen LogP) is 3.81. The number of nitrogens with zero attached hydrogens (tertiary/aromatic N) is 2. The van der Waals surface area contributed by atoms with Gasteiger partial charge in [0.25, 0.3) is 5.91 Å². The predicted molar refractivity (Wildman–Crippen MR) is 111 cm³/mol. The molecule has 0 bridgehead atoms. The van der Waals surface area contributed by atoms with Gasteiger partial charge in [-0.3, -0.25) is 9.69 Å². The number of likely N-dealkylation sites (tertiary alicyclic amines) is 2. The Kier molecular flexibility index (Phi) is 5.60. The molecule has 0 N–H and O–H groups in total. The second kappa shape index (κ2) is 8.13. The highest BCUT2D eigenvalue weighted by Gasteiger charge is 2.40. The molecule has 0 spiro atoms. The molecule has 1 amide bonds. The molecule has 2 unspecified atom stereocenters. The summed E-state index contributed by atoms with van der Waals surface area (Å²) in [5, 5.41) is 0. The van der Waals surface area contributed by atoms with Crippen molar-refractivity contribution in [3.63, 3.8) is 0 Å². The molecular weight excluding hydrogens is 372 g/mol. The summed E-state index contributed by atoms with van der Waals surface area (Å²) in [6.07, 6.45) is 2.27. The lowest BCUT2D eigenvalue weighted by Gasteiger charge is -2.38. The van der Waals surface area contributed by atoms with Crippen LogP contribution in [-0.2, 0) is 6.54 Å². The van der Waals surface area contributed by atoms with Crippen LogP contribution in [0.4, 0.5) is 0 Å². The van der Waals surface area contributed by atoms with Gasteiger partial charge in [-0.2, -0.15) is 0 Å². The standard InChI is InChI=1S/C22H28N2O3S/c1-15-4-5-20(28-15)13-23-8-6-16-7-9-24(21(16)14-23)22(25)17-10-18(26-2)12-19(11-17)27-3/h4-5,10-12,16,21H,6-9,13-14H2,1-3H3. The average molecular weight is 401 g/mol. The van der Waals surface area contributed by atoms with Crippen molar-refractivity contribution in [2.75, 3.05) is 33.9 Å². The van der Waals surface area contributed by atoms with Crippen molar-refractivity contribution in [1.29, 1.82) is 0 Å². The van der Waals surface area contributed by atoms with Crippen molar-refractivity contribution in [3.8, 4) is 11.5 Å². The summed E-state index contributed by atoms with van der Waals surface area (Å²) in [5.41, 5.74) is 0.642. The molecule has 150 valence electrons. The molecule has 2 fully saturated rings. The lowest BCUT2D eigenvalue weighted by Crippen LogP contribution is -2.49. The van der Waals surface area contributed by atoms with Crippen LogP contribution in [-0.4, -0.2) is 55.6 Å². The monoisotopic (exact) mass is 400 g/mol. The first-order chi connectivity index (χ1) is 13.6. The third-order valence-electron chi connectivity index (χ3n) is 5.98. The van der Waals surface area contributed by atoms with Gasteiger partial charge in [-0.1, -0.05) is 0 Å². The normalized spacial score (nSPS) is 22.2. The number of ether oxygens (including phenoxy) is 2. The van der Waals surface area contributed by atoms with E-state index in [0.29, 0.717) is 29.0 Å². The van der Waals surface area contributed by atoms with E-state index in [1.165, 1.54) is 16.2 Å². The van der Waals surface area contributed by atoms with E-state index in [1.54, 1.807) is 20.3 Å². The number of fused-ring (bicyclic) bond motifs is 1. The van der Waals surface area contributed by atoms with E-state index in [0.717, 1.165) is 32.6 Å². The van der Waals surface area contributed by atoms with Crippen molar-refractivity contribution in [2.45, 2.75) is 32.4 Å². The van der Waals surface area contributed by atoms with E-state index in [2.05, 4.69) is 28.9 Å². The third kappa shape index (κ3) is 3.89. The van der Waals surface area contributed by atoms with E-state index < -0.39 is 0 Å². The van der Waals surface area contributed by atoms with Crippen LogP contribution in [0.25, 0.3) is 0 Å². The Bertz CT molecular complexity index is 828. The Hall–Kier alpha value is -2.05. The molecule has 2 aliphatic rings. The summed E-state index contributed by atoms with van der Waals surface area (Å²) in [5.74, 6) is 1.99. The van der Waals surface area contributed by atoms with Crippen LogP contribution < -0.4 is 9.47 Å². The van der Waals surface area contributed by atoms with E-state index in [1.807, 2.05) is 23.5 Å². The van der Waals surface area contributed by atoms with Crippen molar-refractivity contribution < 1.29 is 14.3 Å². The van der Waals surface area contributed by atoms with Gasteiger partial charge in [0, 0.05) is 47.1 Å². The van der Waals surface area contributed by atoms with Gasteiger partial charge in [0.1, 0.15) is 11.5 Å². The van der Waals surface area contributed by atoms with Crippen molar-refractivity contribution >= 4 is 17.2 Å². The van der Waals surface area contributed by atoms with Crippen LogP contribution in [0.15, 0.2) is 30.3 Å². The summed E-state index contributed by atoms with van der Waals surface area (Å²) >= 11 is 1.87. The highest BCUT2D eigenvalue weighted by atomic mass is 32.1. The van der Waals surface area contributed by atoms with E-state index >= 15 is 0 Å². The Balaban J connectivity index is 1.50. The number of methoxy groups -OCH3 is 2. The number of hydrogen-bond donors (Lipinski definition) is 0. The minimum atomic E-state index is 0.0820. The second-order valence-corrected chi connectivity index (χ2v) is 9.12. The number of rotatable bonds is 5. The lowest BCUT2D eigenvalue weighted by molar-refractivity contribution is 0.0591. The third-order valence-corrected chi connectivity index (χ3v) is 6.97. The minimum Gasteiger partial charge on any atom is -0.497 e. The van der Waals surface area contributed by atoms with Crippen LogP contribution >= 0.6 is 11.3 Å². The summed E-state index contributed by atoms with van der Waals surface area (Å²) in [7, 11) is 3.22. The van der Waals surface area contributed by atoms with Gasteiger partial charge < -0.3 is 14.4 Å². The van der Waals surface area contributed by atoms with Gasteiger partial charge >= 0.3 is 0 Å². The zero-order valence-corrected chi connectivity index (χ0v) is 17.6. The molecule has 2 aromatic rings. The van der Waals surface area contributed by atoms with Gasteiger partial charge in [-0.15, -0.1) is 11.3 Å². The number of carbonyl (C=O) groups is 1. The zero-order chi connectivity index (χ0) is 19.7. The number of aryl methyl sites for hydroxylation is 1. The summed E-state index contributed by atoms with van der Waals surface area (Å²) in [6, 6.07) is 10.1. The SMILES string of the molecule is COc1cc(OC)cc(C(=O)N2CCC3CCN(Cc4ccc(C)s4)CC32)c1. The molecule has 6 heteroatoms. The van der Waals surface area contributed by atoms with E-state index in [9.17, 15) is 4.79 Å². The van der Waals surface area contributed by atoms with Gasteiger partial charge in [0.05, 0.1) is 14.2 Å². The summed E-state index contributed by atoms with van der Waals surface area (Å²) in [4.78, 5) is 20.6. The highest BCUT2D eigenvalue weighted by Crippen LogP contribution is 2.34. The molecular formula is C22H28N2O3S. The smallest absolute Gasteiger partial charge is 0.254 e. The Morgan fingerprint density at radius 2 is 1.82 bits per heavy atom. The summed E-state index contributed by atoms with van der Waals surface area (Å²) < 4.78 is 10.7. The number of carbonyl (C=O) groups excluding carboxylic acids is 1. The maximum atomic E-state index is 13.3. The average Bonchev–Trinajstić information content (AvgIpc) is 3.32. The van der Waals surface area contributed by atoms with E-state index in [4.69, 9.17) is 9.47 Å². The van der Waals surface area contributed by atoms with Crippen LogP contribution in [0, 0.1) is 12.8 Å². The first kappa shape index (κ1) is 19.3. The van der Waals surface area contributed by atoms with Gasteiger partial charge in [0.2, 0.25) is 0 Å². The number of benzene rings is 1. The summed E-state index contributed by atoms with van der Waals surface area (Å²) in [6.45, 7) is 6.04. The number of hydrogen-bond acceptors (Lipinski definition) is 5. The van der Waals surface area contributed by atoms with Crippen molar-refractivity contribution in [1.82, 2.24) is 9.80 Å². The van der Waals surface area contributed by atoms with Crippen molar-refractivity contribution in [3.05, 3.63) is 45.6 Å². The zero-order valence-electron chi connectivity index (χ0n) is 16.8. The Labute approximate surface area is 170 Å². The first-order valence-electron chi connectivity index (χ1n) is 9.89. The molecule has 5 nitrogen and oxygen atoms in total. The Morgan fingerprint density at radius 1 is 1.11 bits per heavy atom. The van der Waals surface area contributed by atoms with Gasteiger partial charge in [-0.25, -0.2) is 0 Å². The van der Waals surface area contributed by atoms with Gasteiger partial charge in [-0.05, 0) is 56.5 Å². The minimum absolute atomic E-state index is 0.0820. The molecule has 2 atom stereocenters. The topological polar surface area (TPSA) is 42.0 Å². The fourth-order valence-electron chi connectivity index (χ4n) is 4.49. The highest BCUT2D eigenvalue weighted by molar-refractivity contribution is 7.11. The fourth-order valence-corrected chi connectivity index (χ4v) is 5.42. The molecule has 2 saturated heterocycles. The quantitative estimate of drug-likeness (QED) is 0.765.